The highest BCUT2D eigenvalue weighted by atomic mass is 35.5. The predicted octanol–water partition coefficient (Wildman–Crippen LogP) is 2.60. The summed E-state index contributed by atoms with van der Waals surface area (Å²) in [4.78, 5) is 43.6. The third-order valence-electron chi connectivity index (χ3n) is 5.85. The van der Waals surface area contributed by atoms with Crippen molar-refractivity contribution in [3.63, 3.8) is 0 Å². The van der Waals surface area contributed by atoms with Gasteiger partial charge in [-0.25, -0.2) is 9.48 Å². The van der Waals surface area contributed by atoms with Crippen LogP contribution in [0.25, 0.3) is 5.69 Å². The van der Waals surface area contributed by atoms with Crippen LogP contribution in [0.3, 0.4) is 0 Å². The molecule has 0 fully saturated rings. The molecular formula is C22H14ClN5O4. The number of hydrogen-bond acceptors (Lipinski definition) is 5. The largest absolute Gasteiger partial charge is 0.421 e. The third kappa shape index (κ3) is 2.23. The number of hydrogen-bond donors (Lipinski definition) is 3. The minimum absolute atomic E-state index is 0.0289. The molecule has 0 aliphatic carbocycles. The second-order valence-corrected chi connectivity index (χ2v) is 8.06. The van der Waals surface area contributed by atoms with Gasteiger partial charge in [0.2, 0.25) is 17.7 Å². The molecular weight excluding hydrogens is 434 g/mol. The zero-order valence-corrected chi connectivity index (χ0v) is 17.3. The normalized spacial score (nSPS) is 18.0. The Bertz CT molecular complexity index is 1570. The van der Waals surface area contributed by atoms with Gasteiger partial charge in [0.25, 0.3) is 5.56 Å². The summed E-state index contributed by atoms with van der Waals surface area (Å²) < 4.78 is 7.58. The summed E-state index contributed by atoms with van der Waals surface area (Å²) in [6, 6.07) is 14.2. The zero-order chi connectivity index (χ0) is 22.2. The van der Waals surface area contributed by atoms with E-state index in [0.29, 0.717) is 33.2 Å². The first-order valence-electron chi connectivity index (χ1n) is 9.73. The highest BCUT2D eigenvalue weighted by Crippen LogP contribution is 2.56. The third-order valence-corrected chi connectivity index (χ3v) is 6.09. The van der Waals surface area contributed by atoms with Crippen molar-refractivity contribution in [3.8, 4) is 17.4 Å². The van der Waals surface area contributed by atoms with Gasteiger partial charge in [-0.3, -0.25) is 19.6 Å². The maximum Gasteiger partial charge on any atom is 0.328 e. The molecule has 0 bridgehead atoms. The highest BCUT2D eigenvalue weighted by molar-refractivity contribution is 6.31. The highest BCUT2D eigenvalue weighted by Gasteiger charge is 2.59. The van der Waals surface area contributed by atoms with Crippen molar-refractivity contribution in [2.45, 2.75) is 12.3 Å². The number of carbonyl (C=O) groups is 1. The van der Waals surface area contributed by atoms with E-state index < -0.39 is 22.6 Å². The molecule has 158 valence electrons. The number of H-pyrrole nitrogens is 2. The summed E-state index contributed by atoms with van der Waals surface area (Å²) in [5.41, 5.74) is -0.550. The van der Waals surface area contributed by atoms with Crippen molar-refractivity contribution in [1.29, 1.82) is 0 Å². The molecule has 1 unspecified atom stereocenters. The molecule has 0 saturated heterocycles. The van der Waals surface area contributed by atoms with E-state index in [4.69, 9.17) is 16.3 Å². The van der Waals surface area contributed by atoms with Crippen molar-refractivity contribution in [3.05, 3.63) is 96.8 Å². The Morgan fingerprint density at radius 1 is 1.03 bits per heavy atom. The van der Waals surface area contributed by atoms with E-state index in [2.05, 4.69) is 20.4 Å². The zero-order valence-electron chi connectivity index (χ0n) is 16.5. The first kappa shape index (κ1) is 18.6. The molecule has 4 aromatic rings. The number of amides is 1. The number of aromatic nitrogens is 4. The molecule has 32 heavy (non-hydrogen) atoms. The fourth-order valence-electron chi connectivity index (χ4n) is 4.65. The number of benzene rings is 2. The van der Waals surface area contributed by atoms with Crippen molar-refractivity contribution in [2.24, 2.45) is 0 Å². The van der Waals surface area contributed by atoms with Crippen LogP contribution in [0.2, 0.25) is 5.02 Å². The molecule has 10 heteroatoms. The average molecular weight is 448 g/mol. The molecule has 2 aromatic heterocycles. The van der Waals surface area contributed by atoms with E-state index in [-0.39, 0.29) is 17.3 Å². The summed E-state index contributed by atoms with van der Waals surface area (Å²) in [7, 11) is 0. The summed E-state index contributed by atoms with van der Waals surface area (Å²) in [5, 5.41) is 7.86. The molecule has 6 rings (SSSR count). The van der Waals surface area contributed by atoms with Crippen molar-refractivity contribution >= 4 is 23.2 Å². The minimum atomic E-state index is -1.61. The van der Waals surface area contributed by atoms with Crippen LogP contribution in [0.15, 0.2) is 58.1 Å². The van der Waals surface area contributed by atoms with E-state index in [0.717, 1.165) is 0 Å². The van der Waals surface area contributed by atoms with Gasteiger partial charge in [-0.2, -0.15) is 5.10 Å². The van der Waals surface area contributed by atoms with Gasteiger partial charge in [0.15, 0.2) is 0 Å². The van der Waals surface area contributed by atoms with Gasteiger partial charge >= 0.3 is 5.69 Å². The number of fused-ring (bicyclic) bond motifs is 6. The van der Waals surface area contributed by atoms with Gasteiger partial charge in [-0.1, -0.05) is 29.8 Å². The average Bonchev–Trinajstić information content (AvgIpc) is 3.23. The molecule has 1 amide bonds. The smallest absolute Gasteiger partial charge is 0.328 e. The Kier molecular flexibility index (Phi) is 3.62. The van der Waals surface area contributed by atoms with E-state index in [1.165, 1.54) is 0 Å². The Labute approximate surface area is 184 Å². The van der Waals surface area contributed by atoms with Crippen molar-refractivity contribution in [1.82, 2.24) is 19.7 Å². The van der Waals surface area contributed by atoms with Gasteiger partial charge < -0.3 is 10.1 Å². The SMILES string of the molecule is Cc1nn(-c2ccccc2)c2c1C1(C(=O)Nc3ccc(Cl)cc31)c1c([nH]c(=O)[nH]c1=O)O2. The summed E-state index contributed by atoms with van der Waals surface area (Å²) in [6.07, 6.45) is 0. The van der Waals surface area contributed by atoms with Gasteiger partial charge in [-0.05, 0) is 37.3 Å². The number of nitrogens with zero attached hydrogens (tertiary/aromatic N) is 2. The lowest BCUT2D eigenvalue weighted by Crippen LogP contribution is -2.46. The summed E-state index contributed by atoms with van der Waals surface area (Å²) >= 11 is 6.30. The second-order valence-electron chi connectivity index (χ2n) is 7.62. The van der Waals surface area contributed by atoms with Gasteiger partial charge in [0, 0.05) is 16.3 Å². The Morgan fingerprint density at radius 3 is 2.59 bits per heavy atom. The first-order valence-corrected chi connectivity index (χ1v) is 10.1. The number of ether oxygens (including phenoxy) is 1. The quantitative estimate of drug-likeness (QED) is 0.414. The van der Waals surface area contributed by atoms with E-state index >= 15 is 0 Å². The number of aryl methyl sites for hydroxylation is 1. The molecule has 0 saturated carbocycles. The van der Waals surface area contributed by atoms with Crippen LogP contribution in [-0.4, -0.2) is 25.7 Å². The molecule has 1 spiro atoms. The molecule has 9 nitrogen and oxygen atoms in total. The van der Waals surface area contributed by atoms with Gasteiger partial charge in [0.1, 0.15) is 11.0 Å². The standard InChI is InChI=1S/C22H14ClN5O4/c1-10-15-19(28(27-10)12-5-3-2-4-6-12)32-18-16(17(29)25-21(31)26-18)22(15)13-9-11(23)7-8-14(13)24-20(22)30/h2-9H,1H3,(H,24,30)(H2,25,26,29,31). The van der Waals surface area contributed by atoms with Gasteiger partial charge in [-0.15, -0.1) is 0 Å². The molecule has 1 atom stereocenters. The lowest BCUT2D eigenvalue weighted by molar-refractivity contribution is -0.118. The van der Waals surface area contributed by atoms with Crippen LogP contribution in [0.1, 0.15) is 22.4 Å². The maximum absolute atomic E-state index is 13.7. The first-order chi connectivity index (χ1) is 15.4. The molecule has 2 aliphatic rings. The lowest BCUT2D eigenvalue weighted by Gasteiger charge is -2.32. The Morgan fingerprint density at radius 2 is 1.81 bits per heavy atom. The number of aromatic amines is 2. The Hall–Kier alpha value is -4.11. The van der Waals surface area contributed by atoms with E-state index in [9.17, 15) is 14.4 Å². The second kappa shape index (κ2) is 6.21. The van der Waals surface area contributed by atoms with Crippen LogP contribution >= 0.6 is 11.6 Å². The fourth-order valence-corrected chi connectivity index (χ4v) is 4.82. The lowest BCUT2D eigenvalue weighted by atomic mass is 9.69. The molecule has 3 N–H and O–H groups in total. The molecule has 0 radical (unpaired) electrons. The number of para-hydroxylation sites is 1. The minimum Gasteiger partial charge on any atom is -0.421 e. The number of anilines is 1. The van der Waals surface area contributed by atoms with Crippen LogP contribution in [0.5, 0.6) is 11.8 Å². The van der Waals surface area contributed by atoms with Crippen LogP contribution in [0, 0.1) is 6.92 Å². The summed E-state index contributed by atoms with van der Waals surface area (Å²) in [5.74, 6) is -0.356. The molecule has 2 aliphatic heterocycles. The van der Waals surface area contributed by atoms with E-state index in [1.807, 2.05) is 30.3 Å². The van der Waals surface area contributed by atoms with Crippen molar-refractivity contribution in [2.75, 3.05) is 5.32 Å². The molecule has 2 aromatic carbocycles. The molecule has 4 heterocycles. The van der Waals surface area contributed by atoms with Crippen LogP contribution < -0.4 is 21.3 Å². The summed E-state index contributed by atoms with van der Waals surface area (Å²) in [6.45, 7) is 1.74. The monoisotopic (exact) mass is 447 g/mol. The Balaban J connectivity index is 1.80. The maximum atomic E-state index is 13.7. The number of nitrogens with one attached hydrogen (secondary N) is 3. The van der Waals surface area contributed by atoms with Gasteiger partial charge in [0.05, 0.1) is 16.9 Å². The van der Waals surface area contributed by atoms with Crippen LogP contribution in [0.4, 0.5) is 5.69 Å². The fraction of sp³-hybridized carbons (Fsp3) is 0.0909. The van der Waals surface area contributed by atoms with Crippen LogP contribution in [-0.2, 0) is 10.2 Å². The van der Waals surface area contributed by atoms with E-state index in [1.54, 1.807) is 29.8 Å². The topological polar surface area (TPSA) is 122 Å². The van der Waals surface area contributed by atoms with Crippen molar-refractivity contribution < 1.29 is 9.53 Å². The number of carbonyl (C=O) groups excluding carboxylic acids is 1. The number of halogens is 1. The predicted molar refractivity (Wildman–Crippen MR) is 116 cm³/mol. The number of rotatable bonds is 1.